The summed E-state index contributed by atoms with van der Waals surface area (Å²) in [5, 5.41) is 10.7. The third-order valence-electron chi connectivity index (χ3n) is 5.96. The molecule has 0 heterocycles. The SMILES string of the molecule is CC(C)(C)c1ccc(CNCCCCNCCCNCc2ccc(C(C)(C)C)cc2)cc1. The quantitative estimate of drug-likeness (QED) is 0.340. The second-order valence-corrected chi connectivity index (χ2v) is 11.1. The van der Waals surface area contributed by atoms with Gasteiger partial charge in [0.25, 0.3) is 0 Å². The van der Waals surface area contributed by atoms with Crippen LogP contribution in [0.3, 0.4) is 0 Å². The lowest BCUT2D eigenvalue weighted by Gasteiger charge is -2.19. The van der Waals surface area contributed by atoms with E-state index >= 15 is 0 Å². The zero-order chi connectivity index (χ0) is 23.5. The highest BCUT2D eigenvalue weighted by atomic mass is 14.9. The van der Waals surface area contributed by atoms with Crippen LogP contribution in [0.2, 0.25) is 0 Å². The minimum Gasteiger partial charge on any atom is -0.317 e. The Balaban J connectivity index is 1.42. The molecule has 0 aliphatic carbocycles. The fraction of sp³-hybridized carbons (Fsp3) is 0.586. The first-order valence-corrected chi connectivity index (χ1v) is 12.5. The standard InChI is InChI=1S/C29H47N3/c1-28(2,3)26-14-10-24(11-15-26)22-31-19-8-7-18-30-20-9-21-32-23-25-12-16-27(17-13-25)29(4,5)6/h10-17,30-32H,7-9,18-23H2,1-6H3. The van der Waals surface area contributed by atoms with E-state index in [1.54, 1.807) is 0 Å². The molecule has 0 unspecified atom stereocenters. The van der Waals surface area contributed by atoms with E-state index in [0.717, 1.165) is 39.3 Å². The van der Waals surface area contributed by atoms with E-state index in [1.165, 1.54) is 41.5 Å². The van der Waals surface area contributed by atoms with Gasteiger partial charge in [0.1, 0.15) is 0 Å². The van der Waals surface area contributed by atoms with Crippen molar-refractivity contribution in [1.29, 1.82) is 0 Å². The van der Waals surface area contributed by atoms with Crippen LogP contribution in [-0.2, 0) is 23.9 Å². The Morgan fingerprint density at radius 2 is 0.812 bits per heavy atom. The van der Waals surface area contributed by atoms with Gasteiger partial charge < -0.3 is 16.0 Å². The summed E-state index contributed by atoms with van der Waals surface area (Å²) in [4.78, 5) is 0. The molecule has 0 fully saturated rings. The molecule has 0 atom stereocenters. The van der Waals surface area contributed by atoms with Crippen molar-refractivity contribution in [3.8, 4) is 0 Å². The molecule has 3 heteroatoms. The highest BCUT2D eigenvalue weighted by molar-refractivity contribution is 5.28. The predicted octanol–water partition coefficient (Wildman–Crippen LogP) is 5.92. The van der Waals surface area contributed by atoms with Gasteiger partial charge >= 0.3 is 0 Å². The zero-order valence-electron chi connectivity index (χ0n) is 21.5. The van der Waals surface area contributed by atoms with Crippen molar-refractivity contribution < 1.29 is 0 Å². The summed E-state index contributed by atoms with van der Waals surface area (Å²) in [5.74, 6) is 0. The van der Waals surface area contributed by atoms with Crippen molar-refractivity contribution in [2.45, 2.75) is 84.7 Å². The van der Waals surface area contributed by atoms with Crippen molar-refractivity contribution in [1.82, 2.24) is 16.0 Å². The van der Waals surface area contributed by atoms with Crippen molar-refractivity contribution in [3.05, 3.63) is 70.8 Å². The fourth-order valence-corrected chi connectivity index (χ4v) is 3.67. The Kier molecular flexibility index (Phi) is 10.9. The van der Waals surface area contributed by atoms with Gasteiger partial charge in [-0.3, -0.25) is 0 Å². The molecule has 2 aromatic rings. The molecular formula is C29H47N3. The lowest BCUT2D eigenvalue weighted by molar-refractivity contribution is 0.558. The molecule has 0 saturated carbocycles. The van der Waals surface area contributed by atoms with Gasteiger partial charge in [-0.2, -0.15) is 0 Å². The molecule has 32 heavy (non-hydrogen) atoms. The van der Waals surface area contributed by atoms with Crippen LogP contribution in [0, 0.1) is 0 Å². The van der Waals surface area contributed by atoms with Crippen LogP contribution < -0.4 is 16.0 Å². The van der Waals surface area contributed by atoms with Gasteiger partial charge in [0.2, 0.25) is 0 Å². The van der Waals surface area contributed by atoms with Gasteiger partial charge in [-0.15, -0.1) is 0 Å². The van der Waals surface area contributed by atoms with Gasteiger partial charge in [0.15, 0.2) is 0 Å². The molecule has 2 rings (SSSR count). The molecule has 2 aromatic carbocycles. The number of rotatable bonds is 13. The van der Waals surface area contributed by atoms with E-state index in [-0.39, 0.29) is 10.8 Å². The van der Waals surface area contributed by atoms with E-state index in [0.29, 0.717) is 0 Å². The topological polar surface area (TPSA) is 36.1 Å². The lowest BCUT2D eigenvalue weighted by atomic mass is 9.87. The summed E-state index contributed by atoms with van der Waals surface area (Å²) < 4.78 is 0. The van der Waals surface area contributed by atoms with E-state index in [2.05, 4.69) is 106 Å². The minimum atomic E-state index is 0.228. The minimum absolute atomic E-state index is 0.228. The molecule has 3 nitrogen and oxygen atoms in total. The van der Waals surface area contributed by atoms with Crippen LogP contribution in [0.1, 0.15) is 83.1 Å². The summed E-state index contributed by atoms with van der Waals surface area (Å²) >= 11 is 0. The molecule has 178 valence electrons. The number of benzene rings is 2. The molecule has 0 bridgehead atoms. The van der Waals surface area contributed by atoms with Gasteiger partial charge in [0.05, 0.1) is 0 Å². The normalized spacial score (nSPS) is 12.3. The van der Waals surface area contributed by atoms with E-state index in [4.69, 9.17) is 0 Å². The van der Waals surface area contributed by atoms with Crippen LogP contribution in [0.25, 0.3) is 0 Å². The summed E-state index contributed by atoms with van der Waals surface area (Å²) in [6.45, 7) is 19.8. The van der Waals surface area contributed by atoms with Gasteiger partial charge in [-0.25, -0.2) is 0 Å². The highest BCUT2D eigenvalue weighted by Gasteiger charge is 2.13. The summed E-state index contributed by atoms with van der Waals surface area (Å²) in [7, 11) is 0. The third-order valence-corrected chi connectivity index (χ3v) is 5.96. The van der Waals surface area contributed by atoms with Gasteiger partial charge in [-0.1, -0.05) is 90.1 Å². The van der Waals surface area contributed by atoms with E-state index in [1.807, 2.05) is 0 Å². The molecule has 0 aliphatic rings. The zero-order valence-corrected chi connectivity index (χ0v) is 21.5. The lowest BCUT2D eigenvalue weighted by Crippen LogP contribution is -2.23. The summed E-state index contributed by atoms with van der Waals surface area (Å²) in [6, 6.07) is 18.1. The average Bonchev–Trinajstić information content (AvgIpc) is 2.74. The maximum atomic E-state index is 3.57. The molecule has 0 radical (unpaired) electrons. The van der Waals surface area contributed by atoms with Crippen molar-refractivity contribution in [3.63, 3.8) is 0 Å². The number of nitrogens with one attached hydrogen (secondary N) is 3. The number of hydrogen-bond acceptors (Lipinski definition) is 3. The second kappa shape index (κ2) is 13.1. The van der Waals surface area contributed by atoms with Crippen molar-refractivity contribution in [2.75, 3.05) is 26.2 Å². The molecule has 0 amide bonds. The Morgan fingerprint density at radius 1 is 0.469 bits per heavy atom. The Labute approximate surface area is 197 Å². The fourth-order valence-electron chi connectivity index (χ4n) is 3.67. The number of unbranched alkanes of at least 4 members (excludes halogenated alkanes) is 1. The van der Waals surface area contributed by atoms with E-state index in [9.17, 15) is 0 Å². The summed E-state index contributed by atoms with van der Waals surface area (Å²) in [6.07, 6.45) is 3.61. The largest absolute Gasteiger partial charge is 0.317 e. The van der Waals surface area contributed by atoms with Gasteiger partial charge in [0, 0.05) is 13.1 Å². The number of hydrogen-bond donors (Lipinski definition) is 3. The first-order valence-electron chi connectivity index (χ1n) is 12.5. The third kappa shape index (κ3) is 10.3. The average molecular weight is 438 g/mol. The Bertz CT molecular complexity index is 681. The maximum Gasteiger partial charge on any atom is 0.0205 e. The van der Waals surface area contributed by atoms with Crippen LogP contribution in [0.15, 0.2) is 48.5 Å². The molecule has 0 aliphatic heterocycles. The van der Waals surface area contributed by atoms with Gasteiger partial charge in [-0.05, 0) is 78.5 Å². The monoisotopic (exact) mass is 437 g/mol. The Hall–Kier alpha value is -1.68. The molecular weight excluding hydrogens is 390 g/mol. The predicted molar refractivity (Wildman–Crippen MR) is 140 cm³/mol. The first-order chi connectivity index (χ1) is 15.2. The van der Waals surface area contributed by atoms with Crippen LogP contribution in [0.5, 0.6) is 0 Å². The molecule has 3 N–H and O–H groups in total. The van der Waals surface area contributed by atoms with Crippen LogP contribution >= 0.6 is 0 Å². The van der Waals surface area contributed by atoms with Crippen LogP contribution in [0.4, 0.5) is 0 Å². The first kappa shape index (κ1) is 26.6. The van der Waals surface area contributed by atoms with Crippen LogP contribution in [-0.4, -0.2) is 26.2 Å². The molecule has 0 spiro atoms. The van der Waals surface area contributed by atoms with Crippen molar-refractivity contribution >= 4 is 0 Å². The maximum absolute atomic E-state index is 3.57. The summed E-state index contributed by atoms with van der Waals surface area (Å²) in [5.41, 5.74) is 5.99. The molecule has 0 aromatic heterocycles. The van der Waals surface area contributed by atoms with E-state index < -0.39 is 0 Å². The molecule has 0 saturated heterocycles. The smallest absolute Gasteiger partial charge is 0.0205 e. The Morgan fingerprint density at radius 3 is 1.22 bits per heavy atom. The highest BCUT2D eigenvalue weighted by Crippen LogP contribution is 2.23. The second-order valence-electron chi connectivity index (χ2n) is 11.1. The van der Waals surface area contributed by atoms with Crippen molar-refractivity contribution in [2.24, 2.45) is 0 Å².